The molecular weight excluding hydrogens is 239 g/mol. The van der Waals surface area contributed by atoms with E-state index < -0.39 is 0 Å². The summed E-state index contributed by atoms with van der Waals surface area (Å²) in [4.78, 5) is 11.1. The van der Waals surface area contributed by atoms with Crippen molar-refractivity contribution in [3.05, 3.63) is 35.4 Å². The number of halogens is 2. The van der Waals surface area contributed by atoms with Crippen LogP contribution in [0.3, 0.4) is 0 Å². The molecule has 0 aliphatic carbocycles. The van der Waals surface area contributed by atoms with Crippen molar-refractivity contribution in [3.8, 4) is 0 Å². The van der Waals surface area contributed by atoms with Crippen molar-refractivity contribution in [1.29, 1.82) is 0 Å². The number of Topliss-reactive ketones (excluding diaryl/α,β-unsaturated/α-hetero) is 1. The van der Waals surface area contributed by atoms with Gasteiger partial charge in [-0.05, 0) is 5.56 Å². The van der Waals surface area contributed by atoms with E-state index in [0.717, 1.165) is 11.1 Å². The summed E-state index contributed by atoms with van der Waals surface area (Å²) in [5, 5.41) is 0.368. The summed E-state index contributed by atoms with van der Waals surface area (Å²) in [6.45, 7) is 0. The monoisotopic (exact) mass is 246 g/mol. The molecule has 0 saturated carbocycles. The van der Waals surface area contributed by atoms with Crippen LogP contribution in [0.1, 0.15) is 15.9 Å². The molecule has 0 aromatic heterocycles. The smallest absolute Gasteiger partial charge is 0.173 e. The Morgan fingerprint density at radius 2 is 1.92 bits per heavy atom. The second kappa shape index (κ2) is 4.63. The van der Waals surface area contributed by atoms with Crippen LogP contribution in [-0.2, 0) is 5.88 Å². The molecule has 0 saturated heterocycles. The molecule has 0 N–H and O–H groups in total. The molecule has 1 rings (SSSR count). The van der Waals surface area contributed by atoms with Crippen molar-refractivity contribution in [2.45, 2.75) is 5.88 Å². The van der Waals surface area contributed by atoms with Crippen LogP contribution in [0.25, 0.3) is 0 Å². The largest absolute Gasteiger partial charge is 0.293 e. The van der Waals surface area contributed by atoms with Crippen LogP contribution >= 0.6 is 27.5 Å². The fourth-order valence-electron chi connectivity index (χ4n) is 0.857. The number of ketones is 1. The highest BCUT2D eigenvalue weighted by atomic mass is 79.9. The van der Waals surface area contributed by atoms with Gasteiger partial charge in [0.25, 0.3) is 0 Å². The van der Waals surface area contributed by atoms with Gasteiger partial charge in [0.2, 0.25) is 0 Å². The number of alkyl halides is 2. The Hall–Kier alpha value is -0.340. The third kappa shape index (κ3) is 2.32. The van der Waals surface area contributed by atoms with E-state index in [9.17, 15) is 4.79 Å². The highest BCUT2D eigenvalue weighted by Gasteiger charge is 2.01. The summed E-state index contributed by atoms with van der Waals surface area (Å²) in [6.07, 6.45) is 0. The van der Waals surface area contributed by atoms with Crippen molar-refractivity contribution in [2.75, 3.05) is 5.33 Å². The lowest BCUT2D eigenvalue weighted by Gasteiger charge is -1.97. The van der Waals surface area contributed by atoms with E-state index in [1.165, 1.54) is 0 Å². The summed E-state index contributed by atoms with van der Waals surface area (Å²) in [5.41, 5.74) is 1.75. The van der Waals surface area contributed by atoms with Crippen molar-refractivity contribution in [1.82, 2.24) is 0 Å². The Labute approximate surface area is 84.9 Å². The SMILES string of the molecule is O=C(CBr)c1ccc(CCl)cc1. The maximum Gasteiger partial charge on any atom is 0.173 e. The Kier molecular flexibility index (Phi) is 3.76. The van der Waals surface area contributed by atoms with E-state index >= 15 is 0 Å². The molecule has 3 heteroatoms. The lowest BCUT2D eigenvalue weighted by molar-refractivity contribution is 0.102. The third-order valence-electron chi connectivity index (χ3n) is 1.55. The molecule has 0 fully saturated rings. The summed E-state index contributed by atoms with van der Waals surface area (Å²) < 4.78 is 0. The molecule has 64 valence electrons. The second-order valence-electron chi connectivity index (χ2n) is 2.39. The number of carbonyl (C=O) groups is 1. The molecule has 0 amide bonds. The lowest BCUT2D eigenvalue weighted by atomic mass is 10.1. The van der Waals surface area contributed by atoms with Crippen LogP contribution in [0, 0.1) is 0 Å². The molecule has 1 aromatic carbocycles. The van der Waals surface area contributed by atoms with Gasteiger partial charge in [0.15, 0.2) is 5.78 Å². The number of benzene rings is 1. The van der Waals surface area contributed by atoms with E-state index in [0.29, 0.717) is 11.2 Å². The molecule has 0 aliphatic heterocycles. The van der Waals surface area contributed by atoms with Crippen LogP contribution in [-0.4, -0.2) is 11.1 Å². The maximum absolute atomic E-state index is 11.1. The summed E-state index contributed by atoms with van der Waals surface area (Å²) >= 11 is 8.71. The minimum absolute atomic E-state index is 0.0936. The highest BCUT2D eigenvalue weighted by Crippen LogP contribution is 2.08. The number of rotatable bonds is 3. The minimum atomic E-state index is 0.0936. The first-order valence-corrected chi connectivity index (χ1v) is 5.17. The normalized spacial score (nSPS) is 9.83. The van der Waals surface area contributed by atoms with E-state index in [1.807, 2.05) is 12.1 Å². The Morgan fingerprint density at radius 3 is 2.33 bits per heavy atom. The van der Waals surface area contributed by atoms with Gasteiger partial charge in [-0.25, -0.2) is 0 Å². The number of hydrogen-bond donors (Lipinski definition) is 0. The minimum Gasteiger partial charge on any atom is -0.293 e. The molecule has 0 bridgehead atoms. The van der Waals surface area contributed by atoms with Crippen molar-refractivity contribution < 1.29 is 4.79 Å². The van der Waals surface area contributed by atoms with E-state index in [4.69, 9.17) is 11.6 Å². The van der Waals surface area contributed by atoms with Gasteiger partial charge in [-0.15, -0.1) is 11.6 Å². The first-order chi connectivity index (χ1) is 5.77. The Balaban J connectivity index is 2.84. The Bertz CT molecular complexity index is 268. The van der Waals surface area contributed by atoms with Crippen molar-refractivity contribution in [3.63, 3.8) is 0 Å². The van der Waals surface area contributed by atoms with Gasteiger partial charge in [0.05, 0.1) is 5.33 Å². The van der Waals surface area contributed by atoms with Crippen molar-refractivity contribution >= 4 is 33.3 Å². The molecule has 0 aliphatic rings. The fraction of sp³-hybridized carbons (Fsp3) is 0.222. The fourth-order valence-corrected chi connectivity index (χ4v) is 1.36. The van der Waals surface area contributed by atoms with E-state index in [-0.39, 0.29) is 5.78 Å². The topological polar surface area (TPSA) is 17.1 Å². The van der Waals surface area contributed by atoms with Crippen LogP contribution in [0.4, 0.5) is 0 Å². The first kappa shape index (κ1) is 9.75. The zero-order chi connectivity index (χ0) is 8.97. The quantitative estimate of drug-likeness (QED) is 0.593. The average Bonchev–Trinajstić information content (AvgIpc) is 2.17. The van der Waals surface area contributed by atoms with Gasteiger partial charge in [-0.1, -0.05) is 40.2 Å². The molecule has 0 spiro atoms. The van der Waals surface area contributed by atoms with Gasteiger partial charge in [-0.3, -0.25) is 4.79 Å². The summed E-state index contributed by atoms with van der Waals surface area (Å²) in [6, 6.07) is 7.31. The van der Waals surface area contributed by atoms with Crippen LogP contribution in [0.5, 0.6) is 0 Å². The zero-order valence-electron chi connectivity index (χ0n) is 6.39. The van der Waals surface area contributed by atoms with Crippen LogP contribution in [0.2, 0.25) is 0 Å². The van der Waals surface area contributed by atoms with Gasteiger partial charge in [0, 0.05) is 11.4 Å². The first-order valence-electron chi connectivity index (χ1n) is 3.52. The van der Waals surface area contributed by atoms with Gasteiger partial charge < -0.3 is 0 Å². The van der Waals surface area contributed by atoms with Gasteiger partial charge in [0.1, 0.15) is 0 Å². The molecule has 0 atom stereocenters. The average molecular weight is 248 g/mol. The van der Waals surface area contributed by atoms with Crippen molar-refractivity contribution in [2.24, 2.45) is 0 Å². The Morgan fingerprint density at radius 1 is 1.33 bits per heavy atom. The van der Waals surface area contributed by atoms with E-state index in [2.05, 4.69) is 15.9 Å². The number of carbonyl (C=O) groups excluding carboxylic acids is 1. The van der Waals surface area contributed by atoms with E-state index in [1.54, 1.807) is 12.1 Å². The van der Waals surface area contributed by atoms with Gasteiger partial charge in [-0.2, -0.15) is 0 Å². The molecule has 1 aromatic rings. The molecule has 12 heavy (non-hydrogen) atoms. The van der Waals surface area contributed by atoms with Gasteiger partial charge >= 0.3 is 0 Å². The van der Waals surface area contributed by atoms with Crippen LogP contribution < -0.4 is 0 Å². The second-order valence-corrected chi connectivity index (χ2v) is 3.22. The lowest BCUT2D eigenvalue weighted by Crippen LogP contribution is -1.99. The third-order valence-corrected chi connectivity index (χ3v) is 2.37. The molecular formula is C9H8BrClO. The summed E-state index contributed by atoms with van der Waals surface area (Å²) in [5.74, 6) is 0.583. The molecule has 1 nitrogen and oxygen atoms in total. The summed E-state index contributed by atoms with van der Waals surface area (Å²) in [7, 11) is 0. The predicted molar refractivity (Wildman–Crippen MR) is 54.1 cm³/mol. The number of hydrogen-bond acceptors (Lipinski definition) is 1. The highest BCUT2D eigenvalue weighted by molar-refractivity contribution is 9.09. The standard InChI is InChI=1S/C9H8BrClO/c10-5-9(12)8-3-1-7(6-11)2-4-8/h1-4H,5-6H2. The zero-order valence-corrected chi connectivity index (χ0v) is 8.73. The maximum atomic E-state index is 11.1. The molecule has 0 radical (unpaired) electrons. The molecule has 0 unspecified atom stereocenters. The molecule has 0 heterocycles. The predicted octanol–water partition coefficient (Wildman–Crippen LogP) is 3.00. The van der Waals surface area contributed by atoms with Crippen LogP contribution in [0.15, 0.2) is 24.3 Å².